The number of hydrogen-bond donors (Lipinski definition) is 1. The van der Waals surface area contributed by atoms with Crippen molar-refractivity contribution in [3.05, 3.63) is 36.7 Å². The summed E-state index contributed by atoms with van der Waals surface area (Å²) in [5.74, 6) is -0.472. The van der Waals surface area contributed by atoms with Crippen LogP contribution in [0.15, 0.2) is 41.6 Å². The molecule has 0 aliphatic rings. The normalized spacial score (nSPS) is 13.0. The topological polar surface area (TPSA) is 85.4 Å². The predicted octanol–water partition coefficient (Wildman–Crippen LogP) is 1.49. The van der Waals surface area contributed by atoms with Crippen LogP contribution in [0.25, 0.3) is 10.8 Å². The van der Waals surface area contributed by atoms with Gasteiger partial charge in [0.1, 0.15) is 3.92 Å². The smallest absolute Gasteiger partial charge is 0.319 e. The van der Waals surface area contributed by atoms with Crippen molar-refractivity contribution in [2.45, 2.75) is 8.82 Å². The molecule has 0 radical (unpaired) electrons. The number of benzene rings is 1. The minimum absolute atomic E-state index is 0.0307. The third-order valence-electron chi connectivity index (χ3n) is 2.84. The van der Waals surface area contributed by atoms with Gasteiger partial charge in [-0.15, -0.1) is 0 Å². The molecule has 1 aromatic carbocycles. The van der Waals surface area contributed by atoms with Crippen molar-refractivity contribution in [1.29, 1.82) is 0 Å². The highest BCUT2D eigenvalue weighted by Gasteiger charge is 2.21. The number of carbonyl (C=O) groups is 1. The minimum Gasteiger partial charge on any atom is -0.468 e. The van der Waals surface area contributed by atoms with E-state index < -0.39 is 19.9 Å². The van der Waals surface area contributed by atoms with Gasteiger partial charge < -0.3 is 4.74 Å². The summed E-state index contributed by atoms with van der Waals surface area (Å²) in [6.45, 7) is -0.0307. The first kappa shape index (κ1) is 16.1. The molecule has 2 rings (SSSR count). The molecule has 8 heteroatoms. The molecule has 0 fully saturated rings. The maximum atomic E-state index is 12.4. The largest absolute Gasteiger partial charge is 0.468 e. The molecule has 21 heavy (non-hydrogen) atoms. The van der Waals surface area contributed by atoms with E-state index in [1.165, 1.54) is 19.4 Å². The number of halogens is 1. The molecule has 0 amide bonds. The second kappa shape index (κ2) is 6.67. The van der Waals surface area contributed by atoms with E-state index in [4.69, 9.17) is 0 Å². The number of aromatic nitrogens is 1. The fourth-order valence-electron chi connectivity index (χ4n) is 1.80. The Kier molecular flexibility index (Phi) is 5.12. The number of alkyl halides is 1. The molecule has 6 nitrogen and oxygen atoms in total. The van der Waals surface area contributed by atoms with E-state index >= 15 is 0 Å². The van der Waals surface area contributed by atoms with Gasteiger partial charge in [0.05, 0.1) is 12.0 Å². The zero-order chi connectivity index (χ0) is 15.5. The number of esters is 1. The molecule has 2 aromatic rings. The van der Waals surface area contributed by atoms with Crippen molar-refractivity contribution >= 4 is 49.4 Å². The number of hydrogen-bond acceptors (Lipinski definition) is 5. The van der Waals surface area contributed by atoms with Gasteiger partial charge in [0, 0.05) is 29.7 Å². The molecular weight excluding hydrogens is 407 g/mol. The van der Waals surface area contributed by atoms with E-state index in [2.05, 4.69) is 14.4 Å². The van der Waals surface area contributed by atoms with Gasteiger partial charge in [-0.1, -0.05) is 34.7 Å². The van der Waals surface area contributed by atoms with E-state index in [0.29, 0.717) is 5.39 Å². The summed E-state index contributed by atoms with van der Waals surface area (Å²) < 4.78 is 31.2. The zero-order valence-electron chi connectivity index (χ0n) is 11.1. The zero-order valence-corrected chi connectivity index (χ0v) is 14.1. The average molecular weight is 420 g/mol. The first-order valence-corrected chi connectivity index (χ1v) is 8.73. The number of nitrogens with zero attached hydrogens (tertiary/aromatic N) is 1. The van der Waals surface area contributed by atoms with E-state index in [9.17, 15) is 13.2 Å². The first-order chi connectivity index (χ1) is 9.95. The fraction of sp³-hybridized carbons (Fsp3) is 0.231. The fourth-order valence-corrected chi connectivity index (χ4v) is 3.85. The lowest BCUT2D eigenvalue weighted by Crippen LogP contribution is -2.33. The van der Waals surface area contributed by atoms with E-state index in [-0.39, 0.29) is 11.4 Å². The molecule has 0 spiro atoms. The molecule has 1 atom stereocenters. The molecule has 0 aliphatic heterocycles. The van der Waals surface area contributed by atoms with Gasteiger partial charge in [-0.05, 0) is 12.1 Å². The van der Waals surface area contributed by atoms with Crippen LogP contribution < -0.4 is 4.72 Å². The molecule has 1 N–H and O–H groups in total. The summed E-state index contributed by atoms with van der Waals surface area (Å²) in [6.07, 6.45) is 3.14. The van der Waals surface area contributed by atoms with Crippen molar-refractivity contribution in [3.63, 3.8) is 0 Å². The van der Waals surface area contributed by atoms with Crippen molar-refractivity contribution in [3.8, 4) is 0 Å². The van der Waals surface area contributed by atoms with Crippen LogP contribution in [0.2, 0.25) is 0 Å². The highest BCUT2D eigenvalue weighted by atomic mass is 127. The van der Waals surface area contributed by atoms with Crippen LogP contribution in [0, 0.1) is 0 Å². The number of fused-ring (bicyclic) bond motifs is 1. The van der Waals surface area contributed by atoms with E-state index in [1.54, 1.807) is 24.4 Å². The highest BCUT2D eigenvalue weighted by Crippen LogP contribution is 2.21. The minimum atomic E-state index is -3.71. The second-order valence-corrected chi connectivity index (χ2v) is 7.43. The van der Waals surface area contributed by atoms with Crippen LogP contribution in [0.1, 0.15) is 0 Å². The maximum Gasteiger partial charge on any atom is 0.319 e. The summed E-state index contributed by atoms with van der Waals surface area (Å²) in [4.78, 5) is 15.4. The summed E-state index contributed by atoms with van der Waals surface area (Å²) in [6, 6.07) is 6.61. The molecule has 1 aromatic heterocycles. The average Bonchev–Trinajstić information content (AvgIpc) is 2.51. The number of sulfonamides is 1. The summed E-state index contributed by atoms with van der Waals surface area (Å²) in [5, 5.41) is 1.32. The standard InChI is InChI=1S/C13H13IN2O4S/c1-20-13(17)11(14)8-16-21(18,19)12-4-2-3-9-7-15-6-5-10(9)12/h2-7,11,16H,8H2,1H3. The van der Waals surface area contributed by atoms with Gasteiger partial charge in [0.25, 0.3) is 0 Å². The van der Waals surface area contributed by atoms with Gasteiger partial charge in [-0.3, -0.25) is 9.78 Å². The molecular formula is C13H13IN2O4S. The Balaban J connectivity index is 2.28. The van der Waals surface area contributed by atoms with Crippen LogP contribution in [0.4, 0.5) is 0 Å². The summed E-state index contributed by atoms with van der Waals surface area (Å²) >= 11 is 1.83. The second-order valence-electron chi connectivity index (χ2n) is 4.20. The van der Waals surface area contributed by atoms with E-state index in [0.717, 1.165) is 5.39 Å². The molecule has 0 bridgehead atoms. The van der Waals surface area contributed by atoms with Gasteiger partial charge in [0.2, 0.25) is 10.0 Å². The maximum absolute atomic E-state index is 12.4. The van der Waals surface area contributed by atoms with Crippen molar-refractivity contribution in [1.82, 2.24) is 9.71 Å². The van der Waals surface area contributed by atoms with E-state index in [1.807, 2.05) is 22.6 Å². The molecule has 0 saturated carbocycles. The van der Waals surface area contributed by atoms with Gasteiger partial charge in [-0.25, -0.2) is 13.1 Å². The third kappa shape index (κ3) is 3.69. The number of nitrogens with one attached hydrogen (secondary N) is 1. The SMILES string of the molecule is COC(=O)C(I)CNS(=O)(=O)c1cccc2cnccc12. The predicted molar refractivity (Wildman–Crippen MR) is 86.8 cm³/mol. The highest BCUT2D eigenvalue weighted by molar-refractivity contribution is 14.1. The Morgan fingerprint density at radius 3 is 2.90 bits per heavy atom. The third-order valence-corrected chi connectivity index (χ3v) is 5.27. The number of pyridine rings is 1. The van der Waals surface area contributed by atoms with Gasteiger partial charge >= 0.3 is 5.97 Å². The van der Waals surface area contributed by atoms with Crippen LogP contribution in [0.5, 0.6) is 0 Å². The summed E-state index contributed by atoms with van der Waals surface area (Å²) in [5.41, 5.74) is 0. The molecule has 0 saturated heterocycles. The molecule has 0 aliphatic carbocycles. The summed E-state index contributed by atoms with van der Waals surface area (Å²) in [7, 11) is -2.45. The van der Waals surface area contributed by atoms with Crippen molar-refractivity contribution in [2.75, 3.05) is 13.7 Å². The molecule has 112 valence electrons. The number of ether oxygens (including phenoxy) is 1. The number of rotatable bonds is 5. The van der Waals surface area contributed by atoms with Crippen molar-refractivity contribution in [2.24, 2.45) is 0 Å². The monoisotopic (exact) mass is 420 g/mol. The Labute approximate surface area is 136 Å². The molecule has 1 heterocycles. The van der Waals surface area contributed by atoms with Crippen LogP contribution in [-0.4, -0.2) is 37.0 Å². The quantitative estimate of drug-likeness (QED) is 0.450. The van der Waals surface area contributed by atoms with Crippen molar-refractivity contribution < 1.29 is 17.9 Å². The lowest BCUT2D eigenvalue weighted by molar-refractivity contribution is -0.139. The lowest BCUT2D eigenvalue weighted by atomic mass is 10.2. The Morgan fingerprint density at radius 1 is 1.43 bits per heavy atom. The van der Waals surface area contributed by atoms with Gasteiger partial charge in [-0.2, -0.15) is 0 Å². The number of carbonyl (C=O) groups excluding carboxylic acids is 1. The first-order valence-electron chi connectivity index (χ1n) is 6.00. The van der Waals surface area contributed by atoms with Gasteiger partial charge in [0.15, 0.2) is 0 Å². The number of methoxy groups -OCH3 is 1. The Hall–Kier alpha value is -1.26. The lowest BCUT2D eigenvalue weighted by Gasteiger charge is -2.11. The molecule has 1 unspecified atom stereocenters. The Bertz CT molecular complexity index is 758. The Morgan fingerprint density at radius 2 is 2.19 bits per heavy atom. The van der Waals surface area contributed by atoms with Crippen LogP contribution in [0.3, 0.4) is 0 Å². The van der Waals surface area contributed by atoms with Crippen LogP contribution in [-0.2, 0) is 19.6 Å². The van der Waals surface area contributed by atoms with Crippen LogP contribution >= 0.6 is 22.6 Å².